The molecule has 0 spiro atoms. The minimum absolute atomic E-state index is 0.0178. The molecule has 1 nitrogen and oxygen atoms in total. The number of hydrogen-bond acceptors (Lipinski definition) is 1. The summed E-state index contributed by atoms with van der Waals surface area (Å²) in [5.41, 5.74) is 5.22. The lowest BCUT2D eigenvalue weighted by Crippen LogP contribution is -2.10. The quantitative estimate of drug-likeness (QED) is 0.515. The third kappa shape index (κ3) is 5.63. The van der Waals surface area contributed by atoms with E-state index in [1.165, 1.54) is 6.08 Å². The lowest BCUT2D eigenvalue weighted by atomic mass is 10.3. The summed E-state index contributed by atoms with van der Waals surface area (Å²) in [6.07, 6.45) is 3.03. The van der Waals surface area contributed by atoms with Gasteiger partial charge in [-0.25, -0.2) is 4.39 Å². The molecule has 0 rings (SSSR count). The van der Waals surface area contributed by atoms with Gasteiger partial charge in [-0.2, -0.15) is 0 Å². The van der Waals surface area contributed by atoms with Gasteiger partial charge in [0.1, 0.15) is 6.67 Å². The van der Waals surface area contributed by atoms with Gasteiger partial charge in [0.2, 0.25) is 0 Å². The predicted molar refractivity (Wildman–Crippen MR) is 28.8 cm³/mol. The number of nitrogens with two attached hydrogens (primary N) is 1. The summed E-state index contributed by atoms with van der Waals surface area (Å²) < 4.78 is 11.2. The van der Waals surface area contributed by atoms with E-state index in [9.17, 15) is 4.39 Å². The fourth-order valence-corrected chi connectivity index (χ4v) is 0.266. The molecule has 0 amide bonds. The minimum Gasteiger partial charge on any atom is -0.325 e. The standard InChI is InChI=1S/C5H10FN/c1-5(7)3-2-4-6/h2-3,5H,4,7H2,1H3. The van der Waals surface area contributed by atoms with E-state index in [0.717, 1.165) is 0 Å². The van der Waals surface area contributed by atoms with Crippen LogP contribution >= 0.6 is 0 Å². The van der Waals surface area contributed by atoms with Crippen LogP contribution < -0.4 is 5.73 Å². The van der Waals surface area contributed by atoms with Crippen LogP contribution in [0.2, 0.25) is 0 Å². The van der Waals surface area contributed by atoms with E-state index in [0.29, 0.717) is 0 Å². The SMILES string of the molecule is CC(N)C=CCF. The second-order valence-electron chi connectivity index (χ2n) is 1.44. The Balaban J connectivity index is 3.08. The number of alkyl halides is 1. The van der Waals surface area contributed by atoms with Crippen LogP contribution in [0.4, 0.5) is 4.39 Å². The van der Waals surface area contributed by atoms with Crippen LogP contribution in [0.3, 0.4) is 0 Å². The second-order valence-corrected chi connectivity index (χ2v) is 1.44. The van der Waals surface area contributed by atoms with Crippen molar-refractivity contribution in [2.45, 2.75) is 13.0 Å². The Morgan fingerprint density at radius 3 is 2.57 bits per heavy atom. The van der Waals surface area contributed by atoms with E-state index in [1.807, 2.05) is 0 Å². The van der Waals surface area contributed by atoms with E-state index in [1.54, 1.807) is 13.0 Å². The van der Waals surface area contributed by atoms with Gasteiger partial charge < -0.3 is 5.73 Å². The summed E-state index contributed by atoms with van der Waals surface area (Å²) in [5, 5.41) is 0. The van der Waals surface area contributed by atoms with E-state index >= 15 is 0 Å². The summed E-state index contributed by atoms with van der Waals surface area (Å²) >= 11 is 0. The molecule has 1 atom stereocenters. The van der Waals surface area contributed by atoms with Crippen molar-refractivity contribution in [1.82, 2.24) is 0 Å². The molecule has 2 N–H and O–H groups in total. The molecular formula is C5H10FN. The Morgan fingerprint density at radius 1 is 1.86 bits per heavy atom. The fraction of sp³-hybridized carbons (Fsp3) is 0.600. The maximum atomic E-state index is 11.2. The van der Waals surface area contributed by atoms with E-state index in [4.69, 9.17) is 5.73 Å². The molecule has 0 heterocycles. The summed E-state index contributed by atoms with van der Waals surface area (Å²) in [7, 11) is 0. The highest BCUT2D eigenvalue weighted by molar-refractivity contribution is 4.87. The van der Waals surface area contributed by atoms with Crippen LogP contribution in [0.15, 0.2) is 12.2 Å². The van der Waals surface area contributed by atoms with E-state index in [-0.39, 0.29) is 6.04 Å². The normalized spacial score (nSPS) is 15.3. The lowest BCUT2D eigenvalue weighted by Gasteiger charge is -1.89. The smallest absolute Gasteiger partial charge is 0.108 e. The number of allylic oxidation sites excluding steroid dienone is 1. The van der Waals surface area contributed by atoms with Gasteiger partial charge in [0.15, 0.2) is 0 Å². The largest absolute Gasteiger partial charge is 0.325 e. The molecule has 0 bridgehead atoms. The average Bonchev–Trinajstić information content (AvgIpc) is 1.61. The third-order valence-corrected chi connectivity index (χ3v) is 0.529. The molecule has 0 fully saturated rings. The predicted octanol–water partition coefficient (Wildman–Crippen LogP) is 0.859. The van der Waals surface area contributed by atoms with Crippen molar-refractivity contribution in [3.63, 3.8) is 0 Å². The fourth-order valence-electron chi connectivity index (χ4n) is 0.266. The molecule has 1 unspecified atom stereocenters. The summed E-state index contributed by atoms with van der Waals surface area (Å²) in [4.78, 5) is 0. The van der Waals surface area contributed by atoms with Gasteiger partial charge in [-0.3, -0.25) is 0 Å². The first kappa shape index (κ1) is 6.63. The molecular weight excluding hydrogens is 93.1 g/mol. The van der Waals surface area contributed by atoms with Crippen molar-refractivity contribution in [3.8, 4) is 0 Å². The molecule has 0 aliphatic heterocycles. The Bertz CT molecular complexity index is 59.1. The highest BCUT2D eigenvalue weighted by Crippen LogP contribution is 1.77. The van der Waals surface area contributed by atoms with Gasteiger partial charge in [0.05, 0.1) is 0 Å². The zero-order valence-corrected chi connectivity index (χ0v) is 4.39. The summed E-state index contributed by atoms with van der Waals surface area (Å²) in [6, 6.07) is -0.0178. The van der Waals surface area contributed by atoms with Crippen LogP contribution in [0.1, 0.15) is 6.92 Å². The minimum atomic E-state index is -0.415. The van der Waals surface area contributed by atoms with Gasteiger partial charge in [0, 0.05) is 6.04 Å². The molecule has 0 radical (unpaired) electrons. The molecule has 0 aromatic heterocycles. The Kier molecular flexibility index (Phi) is 3.61. The summed E-state index contributed by atoms with van der Waals surface area (Å²) in [5.74, 6) is 0. The Hall–Kier alpha value is -0.370. The zero-order valence-electron chi connectivity index (χ0n) is 4.39. The van der Waals surface area contributed by atoms with Crippen molar-refractivity contribution in [3.05, 3.63) is 12.2 Å². The van der Waals surface area contributed by atoms with Crippen molar-refractivity contribution in [2.75, 3.05) is 6.67 Å². The highest BCUT2D eigenvalue weighted by Gasteiger charge is 1.79. The molecule has 0 aromatic carbocycles. The third-order valence-electron chi connectivity index (χ3n) is 0.529. The molecule has 0 aliphatic rings. The molecule has 0 saturated carbocycles. The Morgan fingerprint density at radius 2 is 2.43 bits per heavy atom. The monoisotopic (exact) mass is 103 g/mol. The van der Waals surface area contributed by atoms with Gasteiger partial charge in [-0.15, -0.1) is 0 Å². The molecule has 0 aromatic rings. The van der Waals surface area contributed by atoms with Gasteiger partial charge in [0.25, 0.3) is 0 Å². The van der Waals surface area contributed by atoms with Crippen LogP contribution in [0.5, 0.6) is 0 Å². The van der Waals surface area contributed by atoms with Crippen LogP contribution in [-0.4, -0.2) is 12.7 Å². The van der Waals surface area contributed by atoms with Crippen LogP contribution in [0.25, 0.3) is 0 Å². The zero-order chi connectivity index (χ0) is 5.70. The van der Waals surface area contributed by atoms with Crippen LogP contribution in [0, 0.1) is 0 Å². The van der Waals surface area contributed by atoms with E-state index in [2.05, 4.69) is 0 Å². The van der Waals surface area contributed by atoms with Crippen molar-refractivity contribution < 1.29 is 4.39 Å². The first-order valence-electron chi connectivity index (χ1n) is 2.25. The maximum Gasteiger partial charge on any atom is 0.108 e. The maximum absolute atomic E-state index is 11.2. The summed E-state index contributed by atoms with van der Waals surface area (Å²) in [6.45, 7) is 1.38. The molecule has 0 aliphatic carbocycles. The van der Waals surface area contributed by atoms with Crippen molar-refractivity contribution in [2.24, 2.45) is 5.73 Å². The molecule has 7 heavy (non-hydrogen) atoms. The topological polar surface area (TPSA) is 26.0 Å². The second kappa shape index (κ2) is 3.81. The average molecular weight is 103 g/mol. The number of rotatable bonds is 2. The number of halogens is 1. The highest BCUT2D eigenvalue weighted by atomic mass is 19.1. The molecule has 2 heteroatoms. The Labute approximate surface area is 43.0 Å². The first-order valence-corrected chi connectivity index (χ1v) is 2.25. The first-order chi connectivity index (χ1) is 3.27. The molecule has 42 valence electrons. The van der Waals surface area contributed by atoms with Crippen molar-refractivity contribution in [1.29, 1.82) is 0 Å². The van der Waals surface area contributed by atoms with Gasteiger partial charge in [-0.1, -0.05) is 12.2 Å². The van der Waals surface area contributed by atoms with Crippen LogP contribution in [-0.2, 0) is 0 Å². The number of hydrogen-bond donors (Lipinski definition) is 1. The van der Waals surface area contributed by atoms with E-state index < -0.39 is 6.67 Å². The molecule has 0 saturated heterocycles. The van der Waals surface area contributed by atoms with Gasteiger partial charge >= 0.3 is 0 Å². The lowest BCUT2D eigenvalue weighted by molar-refractivity contribution is 0.560. The van der Waals surface area contributed by atoms with Crippen molar-refractivity contribution >= 4 is 0 Å². The van der Waals surface area contributed by atoms with Gasteiger partial charge in [-0.05, 0) is 6.92 Å².